The highest BCUT2D eigenvalue weighted by molar-refractivity contribution is 7.98. The van der Waals surface area contributed by atoms with Gasteiger partial charge in [-0.2, -0.15) is 0 Å². The van der Waals surface area contributed by atoms with Crippen molar-refractivity contribution in [3.05, 3.63) is 30.5 Å². The molecule has 1 aromatic heterocycles. The van der Waals surface area contributed by atoms with Crippen LogP contribution in [0.15, 0.2) is 35.4 Å². The number of fused-ring (bicyclic) bond motifs is 1. The number of aromatic nitrogens is 1. The maximum Gasteiger partial charge on any atom is 0.491 e. The molecule has 0 aliphatic heterocycles. The first-order chi connectivity index (χ1) is 7.24. The van der Waals surface area contributed by atoms with E-state index in [2.05, 4.69) is 4.98 Å². The predicted molar refractivity (Wildman–Crippen MR) is 63.3 cm³/mol. The lowest BCUT2D eigenvalue weighted by molar-refractivity contribution is 0.425. The van der Waals surface area contributed by atoms with Crippen molar-refractivity contribution in [1.82, 2.24) is 4.98 Å². The van der Waals surface area contributed by atoms with E-state index in [9.17, 15) is 10.0 Å². The minimum absolute atomic E-state index is 0.487. The van der Waals surface area contributed by atoms with Crippen LogP contribution >= 0.6 is 11.8 Å². The summed E-state index contributed by atoms with van der Waals surface area (Å²) >= 11 is 1.48. The Balaban J connectivity index is 2.79. The van der Waals surface area contributed by atoms with Crippen LogP contribution in [0.5, 0.6) is 0 Å². The van der Waals surface area contributed by atoms with Gasteiger partial charge in [-0.05, 0) is 23.8 Å². The molecule has 2 N–H and O–H groups in total. The van der Waals surface area contributed by atoms with Crippen molar-refractivity contribution in [3.8, 4) is 0 Å². The molecule has 0 amide bonds. The molecule has 1 aromatic carbocycles. The molecule has 1 heterocycles. The quantitative estimate of drug-likeness (QED) is 0.574. The predicted octanol–water partition coefficient (Wildman–Crippen LogP) is 0.636. The van der Waals surface area contributed by atoms with Crippen LogP contribution in [0.4, 0.5) is 0 Å². The van der Waals surface area contributed by atoms with Crippen LogP contribution < -0.4 is 5.46 Å². The maximum absolute atomic E-state index is 9.34. The first kappa shape index (κ1) is 10.5. The van der Waals surface area contributed by atoms with Crippen LogP contribution in [0.1, 0.15) is 0 Å². The zero-order valence-corrected chi connectivity index (χ0v) is 9.03. The molecule has 0 aliphatic rings. The smallest absolute Gasteiger partial charge is 0.423 e. The minimum Gasteiger partial charge on any atom is -0.423 e. The number of hydrogen-bond donors (Lipinski definition) is 2. The summed E-state index contributed by atoms with van der Waals surface area (Å²) in [6, 6.07) is 7.54. The van der Waals surface area contributed by atoms with Crippen LogP contribution in [0, 0.1) is 0 Å². The van der Waals surface area contributed by atoms with Crippen molar-refractivity contribution < 1.29 is 10.0 Å². The summed E-state index contributed by atoms with van der Waals surface area (Å²) in [4.78, 5) is 5.02. The fourth-order valence-electron chi connectivity index (χ4n) is 1.58. The van der Waals surface area contributed by atoms with E-state index in [4.69, 9.17) is 0 Å². The number of thioether (sulfide) groups is 1. The second-order valence-electron chi connectivity index (χ2n) is 3.13. The third-order valence-electron chi connectivity index (χ3n) is 2.25. The lowest BCUT2D eigenvalue weighted by Gasteiger charge is -2.09. The Hall–Kier alpha value is -1.04. The summed E-state index contributed by atoms with van der Waals surface area (Å²) in [6.45, 7) is 0. The lowest BCUT2D eigenvalue weighted by Crippen LogP contribution is -2.32. The van der Waals surface area contributed by atoms with Gasteiger partial charge in [-0.1, -0.05) is 12.1 Å². The molecule has 0 saturated carbocycles. The summed E-state index contributed by atoms with van der Waals surface area (Å²) in [5.74, 6) is 0. The van der Waals surface area contributed by atoms with Gasteiger partial charge >= 0.3 is 7.12 Å². The van der Waals surface area contributed by atoms with Crippen LogP contribution in [-0.2, 0) is 0 Å². The van der Waals surface area contributed by atoms with Crippen LogP contribution in [0.25, 0.3) is 10.9 Å². The molecule has 5 heteroatoms. The monoisotopic (exact) mass is 219 g/mol. The van der Waals surface area contributed by atoms with Gasteiger partial charge in [0.05, 0.1) is 5.52 Å². The highest BCUT2D eigenvalue weighted by Gasteiger charge is 2.19. The molecule has 0 unspecified atom stereocenters. The van der Waals surface area contributed by atoms with Gasteiger partial charge in [0.1, 0.15) is 0 Å². The third kappa shape index (κ3) is 1.86. The highest BCUT2D eigenvalue weighted by atomic mass is 32.2. The Morgan fingerprint density at radius 2 is 2.07 bits per heavy atom. The minimum atomic E-state index is -1.48. The molecular weight excluding hydrogens is 209 g/mol. The Bertz CT molecular complexity index is 490. The van der Waals surface area contributed by atoms with E-state index in [-0.39, 0.29) is 0 Å². The molecule has 76 valence electrons. The molecule has 0 saturated heterocycles. The number of pyridine rings is 1. The van der Waals surface area contributed by atoms with Gasteiger partial charge < -0.3 is 10.0 Å². The Kier molecular flexibility index (Phi) is 2.95. The summed E-state index contributed by atoms with van der Waals surface area (Å²) in [6.07, 6.45) is 3.55. The molecule has 0 fully saturated rings. The SMILES string of the molecule is CSc1ccc2cccnc2c1B(O)O. The van der Waals surface area contributed by atoms with Gasteiger partial charge in [-0.3, -0.25) is 4.98 Å². The van der Waals surface area contributed by atoms with Crippen molar-refractivity contribution in [2.75, 3.05) is 6.26 Å². The van der Waals surface area contributed by atoms with E-state index in [0.717, 1.165) is 10.3 Å². The molecule has 2 rings (SSSR count). The van der Waals surface area contributed by atoms with Gasteiger partial charge in [0.15, 0.2) is 0 Å². The van der Waals surface area contributed by atoms with E-state index >= 15 is 0 Å². The fourth-order valence-corrected chi connectivity index (χ4v) is 2.20. The van der Waals surface area contributed by atoms with Gasteiger partial charge in [-0.15, -0.1) is 11.8 Å². The number of nitrogens with zero attached hydrogens (tertiary/aromatic N) is 1. The Morgan fingerprint density at radius 1 is 1.27 bits per heavy atom. The fraction of sp³-hybridized carbons (Fsp3) is 0.100. The largest absolute Gasteiger partial charge is 0.491 e. The summed E-state index contributed by atoms with van der Waals surface area (Å²) in [5, 5.41) is 19.6. The van der Waals surface area contributed by atoms with Crippen molar-refractivity contribution in [1.29, 1.82) is 0 Å². The third-order valence-corrected chi connectivity index (χ3v) is 3.05. The van der Waals surface area contributed by atoms with E-state index in [1.54, 1.807) is 6.20 Å². The molecule has 0 radical (unpaired) electrons. The van der Waals surface area contributed by atoms with Crippen LogP contribution in [-0.4, -0.2) is 28.4 Å². The summed E-state index contributed by atoms with van der Waals surface area (Å²) in [5.41, 5.74) is 1.14. The van der Waals surface area contributed by atoms with E-state index in [1.165, 1.54) is 11.8 Å². The first-order valence-corrected chi connectivity index (χ1v) is 5.74. The van der Waals surface area contributed by atoms with E-state index < -0.39 is 7.12 Å². The molecular formula is C10H10BNO2S. The summed E-state index contributed by atoms with van der Waals surface area (Å²) in [7, 11) is -1.48. The average molecular weight is 219 g/mol. The topological polar surface area (TPSA) is 53.4 Å². The lowest BCUT2D eigenvalue weighted by atomic mass is 9.78. The molecule has 0 spiro atoms. The van der Waals surface area contributed by atoms with Crippen molar-refractivity contribution in [3.63, 3.8) is 0 Å². The number of benzene rings is 1. The van der Waals surface area contributed by atoms with Gasteiger partial charge in [0.2, 0.25) is 0 Å². The van der Waals surface area contributed by atoms with Crippen molar-refractivity contribution >= 4 is 35.2 Å². The van der Waals surface area contributed by atoms with E-state index in [0.29, 0.717) is 11.0 Å². The Labute approximate surface area is 92.3 Å². The molecule has 0 atom stereocenters. The van der Waals surface area contributed by atoms with Gasteiger partial charge in [-0.25, -0.2) is 0 Å². The van der Waals surface area contributed by atoms with Crippen LogP contribution in [0.3, 0.4) is 0 Å². The first-order valence-electron chi connectivity index (χ1n) is 4.52. The maximum atomic E-state index is 9.34. The Morgan fingerprint density at radius 3 is 2.73 bits per heavy atom. The highest BCUT2D eigenvalue weighted by Crippen LogP contribution is 2.18. The molecule has 0 aliphatic carbocycles. The molecule has 2 aromatic rings. The van der Waals surface area contributed by atoms with Crippen molar-refractivity contribution in [2.24, 2.45) is 0 Å². The van der Waals surface area contributed by atoms with Gasteiger partial charge in [0.25, 0.3) is 0 Å². The van der Waals surface area contributed by atoms with Crippen LogP contribution in [0.2, 0.25) is 0 Å². The molecule has 15 heavy (non-hydrogen) atoms. The number of rotatable bonds is 2. The van der Waals surface area contributed by atoms with Gasteiger partial charge in [0, 0.05) is 16.6 Å². The summed E-state index contributed by atoms with van der Waals surface area (Å²) < 4.78 is 0. The molecule has 3 nitrogen and oxygen atoms in total. The standard InChI is InChI=1S/C10H10BNO2S/c1-15-8-5-4-7-3-2-6-12-10(7)9(8)11(13)14/h2-6,13-14H,1H3. The second-order valence-corrected chi connectivity index (χ2v) is 3.98. The van der Waals surface area contributed by atoms with Crippen molar-refractivity contribution in [2.45, 2.75) is 4.90 Å². The zero-order chi connectivity index (χ0) is 10.8. The van der Waals surface area contributed by atoms with E-state index in [1.807, 2.05) is 30.5 Å². The number of hydrogen-bond acceptors (Lipinski definition) is 4. The second kappa shape index (κ2) is 4.22. The normalized spacial score (nSPS) is 10.6. The average Bonchev–Trinajstić information content (AvgIpc) is 2.27. The molecule has 0 bridgehead atoms. The zero-order valence-electron chi connectivity index (χ0n) is 8.21.